The van der Waals surface area contributed by atoms with Crippen molar-refractivity contribution in [3.05, 3.63) is 57.3 Å². The number of halogens is 6. The van der Waals surface area contributed by atoms with Gasteiger partial charge in [0, 0.05) is 35.6 Å². The molecule has 6 rings (SSSR count). The highest BCUT2D eigenvalue weighted by molar-refractivity contribution is 6.32. The van der Waals surface area contributed by atoms with Crippen LogP contribution in [-0.2, 0) is 14.1 Å². The SMILES string of the molecule is [C-]#[N+]/C(C#N)=c1\nc2c(F)c3c(F)c(F)c4c5c(c(F)c(F)c(c35)c2n1C)c(F)c1nc(=C(C#N)C#N)n(C)c14. The Morgan fingerprint density at radius 1 is 0.625 bits per heavy atom. The number of nitrogens with zero attached hydrogens (tertiary/aromatic N) is 8. The van der Waals surface area contributed by atoms with E-state index in [1.807, 2.05) is 0 Å². The van der Waals surface area contributed by atoms with E-state index in [0.29, 0.717) is 0 Å². The number of imidazole rings is 2. The summed E-state index contributed by atoms with van der Waals surface area (Å²) >= 11 is 0. The van der Waals surface area contributed by atoms with E-state index in [4.69, 9.17) is 6.57 Å². The maximum Gasteiger partial charge on any atom is 0.303 e. The molecule has 0 fully saturated rings. The van der Waals surface area contributed by atoms with E-state index >= 15 is 26.3 Å². The molecule has 0 aliphatic heterocycles. The Kier molecular flexibility index (Phi) is 4.79. The number of nitriles is 3. The molecular formula is C26H6F6N8. The van der Waals surface area contributed by atoms with Crippen LogP contribution in [0.3, 0.4) is 0 Å². The summed E-state index contributed by atoms with van der Waals surface area (Å²) in [5, 5.41) is 22.4. The number of aryl methyl sites for hydroxylation is 2. The molecule has 0 spiro atoms. The summed E-state index contributed by atoms with van der Waals surface area (Å²) in [6.45, 7) is 7.17. The molecule has 8 nitrogen and oxygen atoms in total. The molecular weight excluding hydrogens is 538 g/mol. The number of rotatable bonds is 0. The molecule has 0 atom stereocenters. The van der Waals surface area contributed by atoms with Crippen LogP contribution in [0, 0.1) is 75.5 Å². The second-order valence-corrected chi connectivity index (χ2v) is 8.69. The molecule has 0 saturated carbocycles. The second-order valence-electron chi connectivity index (χ2n) is 8.69. The van der Waals surface area contributed by atoms with Crippen molar-refractivity contribution >= 4 is 65.7 Å². The highest BCUT2D eigenvalue weighted by Gasteiger charge is 2.34. The molecule has 2 heterocycles. The topological polar surface area (TPSA) is 111 Å². The van der Waals surface area contributed by atoms with E-state index in [-0.39, 0.29) is 0 Å². The van der Waals surface area contributed by atoms with Crippen LogP contribution in [0.15, 0.2) is 0 Å². The largest absolute Gasteiger partial charge is 0.335 e. The Balaban J connectivity index is 2.11. The van der Waals surface area contributed by atoms with E-state index in [0.717, 1.165) is 9.13 Å². The van der Waals surface area contributed by atoms with E-state index in [1.54, 1.807) is 6.07 Å². The van der Waals surface area contributed by atoms with Gasteiger partial charge in [-0.1, -0.05) is 0 Å². The van der Waals surface area contributed by atoms with Crippen molar-refractivity contribution in [2.24, 2.45) is 14.1 Å². The lowest BCUT2D eigenvalue weighted by Crippen LogP contribution is -2.18. The van der Waals surface area contributed by atoms with Crippen LogP contribution in [0.4, 0.5) is 26.3 Å². The van der Waals surface area contributed by atoms with Gasteiger partial charge in [-0.2, -0.15) is 10.5 Å². The average molecular weight is 544 g/mol. The van der Waals surface area contributed by atoms with Gasteiger partial charge in [0.2, 0.25) is 0 Å². The molecule has 0 saturated heterocycles. The molecule has 0 radical (unpaired) electrons. The van der Waals surface area contributed by atoms with Crippen molar-refractivity contribution in [2.45, 2.75) is 0 Å². The van der Waals surface area contributed by atoms with Gasteiger partial charge in [-0.05, 0) is 0 Å². The third-order valence-corrected chi connectivity index (χ3v) is 6.91. The maximum absolute atomic E-state index is 15.9. The second kappa shape index (κ2) is 7.83. The summed E-state index contributed by atoms with van der Waals surface area (Å²) in [4.78, 5) is 10.6. The zero-order chi connectivity index (χ0) is 28.9. The standard InChI is InChI=1S/C26H6F6N8/c1-36-8(6-35)26-38-22-20(32)12-10-9-11(15(27)18(30)14(10)24(22)40(26)3)19(31)21-23(13(9)17(29)16(12)28)39(2)25(37-21)7(4-33)5-34/h2-3H3/b26-8+. The Hall–Kier alpha value is -5.86. The van der Waals surface area contributed by atoms with Crippen molar-refractivity contribution in [3.8, 4) is 18.2 Å². The zero-order valence-corrected chi connectivity index (χ0v) is 19.8. The molecule has 0 unspecified atom stereocenters. The van der Waals surface area contributed by atoms with Gasteiger partial charge in [0.25, 0.3) is 0 Å². The van der Waals surface area contributed by atoms with Gasteiger partial charge in [-0.25, -0.2) is 46.4 Å². The molecule has 40 heavy (non-hydrogen) atoms. The fraction of sp³-hybridized carbons (Fsp3) is 0.0769. The molecule has 0 amide bonds. The number of benzene rings is 4. The first kappa shape index (κ1) is 24.5. The first-order valence-electron chi connectivity index (χ1n) is 10.9. The van der Waals surface area contributed by atoms with Crippen LogP contribution in [0.5, 0.6) is 0 Å². The minimum absolute atomic E-state index is 0.455. The summed E-state index contributed by atoms with van der Waals surface area (Å²) in [7, 11) is 2.34. The third kappa shape index (κ3) is 2.57. The van der Waals surface area contributed by atoms with E-state index < -0.39 is 112 Å². The van der Waals surface area contributed by atoms with Crippen LogP contribution in [0.2, 0.25) is 0 Å². The summed E-state index contributed by atoms with van der Waals surface area (Å²) in [5.74, 6) is -10.3. The molecule has 4 aromatic carbocycles. The fourth-order valence-corrected chi connectivity index (χ4v) is 5.28. The summed E-state index contributed by atoms with van der Waals surface area (Å²) in [6.07, 6.45) is 0. The molecule has 6 aromatic rings. The summed E-state index contributed by atoms with van der Waals surface area (Å²) in [6, 6.07) is 4.61. The van der Waals surface area contributed by atoms with Crippen molar-refractivity contribution in [3.63, 3.8) is 0 Å². The van der Waals surface area contributed by atoms with Crippen molar-refractivity contribution in [1.29, 1.82) is 15.8 Å². The number of fused-ring (bicyclic) bond motifs is 4. The molecule has 192 valence electrons. The van der Waals surface area contributed by atoms with Crippen LogP contribution >= 0.6 is 0 Å². The lowest BCUT2D eigenvalue weighted by molar-refractivity contribution is 0.516. The predicted molar refractivity (Wildman–Crippen MR) is 128 cm³/mol. The van der Waals surface area contributed by atoms with Crippen molar-refractivity contribution in [2.75, 3.05) is 0 Å². The normalized spacial score (nSPS) is 12.3. The molecule has 2 aromatic heterocycles. The molecule has 0 bridgehead atoms. The Bertz CT molecular complexity index is 2300. The quantitative estimate of drug-likeness (QED) is 0.163. The van der Waals surface area contributed by atoms with Crippen molar-refractivity contribution < 1.29 is 26.3 Å². The molecule has 0 aliphatic carbocycles. The van der Waals surface area contributed by atoms with Crippen LogP contribution in [0.25, 0.3) is 70.5 Å². The Labute approximate surface area is 216 Å². The van der Waals surface area contributed by atoms with E-state index in [2.05, 4.69) is 14.8 Å². The first-order chi connectivity index (χ1) is 19.0. The highest BCUT2D eigenvalue weighted by Crippen LogP contribution is 2.47. The Morgan fingerprint density at radius 3 is 1.43 bits per heavy atom. The van der Waals surface area contributed by atoms with Gasteiger partial charge in [-0.15, -0.1) is 0 Å². The van der Waals surface area contributed by atoms with Gasteiger partial charge >= 0.3 is 5.70 Å². The van der Waals surface area contributed by atoms with Gasteiger partial charge in [0.15, 0.2) is 46.0 Å². The molecule has 0 N–H and O–H groups in total. The maximum atomic E-state index is 15.9. The van der Waals surface area contributed by atoms with Crippen LogP contribution < -0.4 is 11.0 Å². The average Bonchev–Trinajstić information content (AvgIpc) is 3.46. The Morgan fingerprint density at radius 2 is 1.02 bits per heavy atom. The fourth-order valence-electron chi connectivity index (χ4n) is 5.28. The first-order valence-corrected chi connectivity index (χ1v) is 10.9. The number of aromatic nitrogens is 4. The van der Waals surface area contributed by atoms with E-state index in [1.165, 1.54) is 26.2 Å². The number of hydrogen-bond acceptors (Lipinski definition) is 5. The lowest BCUT2D eigenvalue weighted by Gasteiger charge is -2.17. The molecule has 0 aliphatic rings. The van der Waals surface area contributed by atoms with Crippen molar-refractivity contribution in [1.82, 2.24) is 19.1 Å². The smallest absolute Gasteiger partial charge is 0.303 e. The molecule has 14 heteroatoms. The zero-order valence-electron chi connectivity index (χ0n) is 19.8. The van der Waals surface area contributed by atoms with Crippen LogP contribution in [0.1, 0.15) is 0 Å². The van der Waals surface area contributed by atoms with Gasteiger partial charge in [0.1, 0.15) is 28.7 Å². The minimum Gasteiger partial charge on any atom is -0.335 e. The predicted octanol–water partition coefficient (Wildman–Crippen LogP) is 3.94. The monoisotopic (exact) mass is 544 g/mol. The lowest BCUT2D eigenvalue weighted by atomic mass is 9.90. The van der Waals surface area contributed by atoms with Crippen LogP contribution in [-0.4, -0.2) is 19.1 Å². The summed E-state index contributed by atoms with van der Waals surface area (Å²) < 4.78 is 96.7. The van der Waals surface area contributed by atoms with E-state index in [9.17, 15) is 15.8 Å². The van der Waals surface area contributed by atoms with Gasteiger partial charge < -0.3 is 9.13 Å². The number of hydrogen-bond donors (Lipinski definition) is 0. The van der Waals surface area contributed by atoms with Gasteiger partial charge in [0.05, 0.1) is 34.4 Å². The van der Waals surface area contributed by atoms with Gasteiger partial charge in [-0.3, -0.25) is 0 Å². The highest BCUT2D eigenvalue weighted by atomic mass is 19.2. The third-order valence-electron chi connectivity index (χ3n) is 6.91. The minimum atomic E-state index is -1.84. The summed E-state index contributed by atoms with van der Waals surface area (Å²) in [5.41, 5.74) is -4.78.